The third-order valence-electron chi connectivity index (χ3n) is 5.32. The standard InChI is InChI=1S/C21H28N2O5S/c1-5-12-23-15(3)14(2)19(20(23)22-21(24)18-7-6-13-28-18)29(25,26)17-10-8-16(27-4)9-11-17/h8-11,18H,5-7,12-13H2,1-4H3,(H,22,24)/t18-/m1/s1. The summed E-state index contributed by atoms with van der Waals surface area (Å²) in [4.78, 5) is 13.0. The summed E-state index contributed by atoms with van der Waals surface area (Å²) in [6, 6.07) is 6.27. The van der Waals surface area contributed by atoms with Gasteiger partial charge in [0.15, 0.2) is 0 Å². The van der Waals surface area contributed by atoms with Crippen molar-refractivity contribution in [3.8, 4) is 5.75 Å². The summed E-state index contributed by atoms with van der Waals surface area (Å²) in [7, 11) is -2.32. The van der Waals surface area contributed by atoms with Crippen LogP contribution in [0.5, 0.6) is 5.75 Å². The smallest absolute Gasteiger partial charge is 0.254 e. The molecule has 1 aliphatic rings. The van der Waals surface area contributed by atoms with Gasteiger partial charge in [-0.3, -0.25) is 4.79 Å². The Morgan fingerprint density at radius 2 is 1.97 bits per heavy atom. The number of sulfone groups is 1. The minimum Gasteiger partial charge on any atom is -0.497 e. The fourth-order valence-electron chi connectivity index (χ4n) is 3.65. The predicted molar refractivity (Wildman–Crippen MR) is 110 cm³/mol. The Hall–Kier alpha value is -2.32. The van der Waals surface area contributed by atoms with Gasteiger partial charge in [0.05, 0.1) is 12.0 Å². The van der Waals surface area contributed by atoms with Gasteiger partial charge in [-0.05, 0) is 62.9 Å². The molecule has 0 aliphatic carbocycles. The van der Waals surface area contributed by atoms with Crippen molar-refractivity contribution in [3.05, 3.63) is 35.5 Å². The maximum atomic E-state index is 13.5. The van der Waals surface area contributed by atoms with Gasteiger partial charge in [-0.1, -0.05) is 6.92 Å². The van der Waals surface area contributed by atoms with E-state index in [1.165, 1.54) is 19.2 Å². The van der Waals surface area contributed by atoms with E-state index in [2.05, 4.69) is 5.32 Å². The third-order valence-corrected chi connectivity index (χ3v) is 7.25. The van der Waals surface area contributed by atoms with Crippen LogP contribution >= 0.6 is 0 Å². The fourth-order valence-corrected chi connectivity index (χ4v) is 5.34. The van der Waals surface area contributed by atoms with E-state index in [1.807, 2.05) is 18.4 Å². The van der Waals surface area contributed by atoms with Gasteiger partial charge in [0.2, 0.25) is 9.84 Å². The van der Waals surface area contributed by atoms with Crippen LogP contribution in [-0.4, -0.2) is 38.7 Å². The van der Waals surface area contributed by atoms with Crippen molar-refractivity contribution >= 4 is 21.6 Å². The molecule has 1 saturated heterocycles. The number of nitrogens with zero attached hydrogens (tertiary/aromatic N) is 1. The molecule has 1 aromatic heterocycles. The first-order valence-corrected chi connectivity index (χ1v) is 11.3. The van der Waals surface area contributed by atoms with Gasteiger partial charge in [0, 0.05) is 18.8 Å². The minimum absolute atomic E-state index is 0.139. The fraction of sp³-hybridized carbons (Fsp3) is 0.476. The number of hydrogen-bond acceptors (Lipinski definition) is 5. The van der Waals surface area contributed by atoms with Crippen molar-refractivity contribution in [2.24, 2.45) is 0 Å². The minimum atomic E-state index is -3.85. The molecule has 1 atom stereocenters. The Balaban J connectivity index is 2.10. The molecular formula is C21H28N2O5S. The highest BCUT2D eigenvalue weighted by atomic mass is 32.2. The van der Waals surface area contributed by atoms with E-state index in [0.29, 0.717) is 36.7 Å². The van der Waals surface area contributed by atoms with E-state index in [9.17, 15) is 13.2 Å². The summed E-state index contributed by atoms with van der Waals surface area (Å²) < 4.78 is 39.5. The molecule has 1 N–H and O–H groups in total. The second kappa shape index (κ2) is 8.59. The van der Waals surface area contributed by atoms with E-state index >= 15 is 0 Å². The van der Waals surface area contributed by atoms with E-state index in [4.69, 9.17) is 9.47 Å². The molecule has 0 bridgehead atoms. The zero-order valence-corrected chi connectivity index (χ0v) is 18.1. The van der Waals surface area contributed by atoms with Crippen LogP contribution in [0.2, 0.25) is 0 Å². The van der Waals surface area contributed by atoms with E-state index < -0.39 is 15.9 Å². The number of carbonyl (C=O) groups is 1. The topological polar surface area (TPSA) is 86.6 Å². The molecule has 3 rings (SSSR count). The molecule has 2 heterocycles. The number of ether oxygens (including phenoxy) is 2. The molecule has 0 spiro atoms. The molecule has 1 aliphatic heterocycles. The molecule has 1 fully saturated rings. The summed E-state index contributed by atoms with van der Waals surface area (Å²) in [5, 5.41) is 2.86. The second-order valence-electron chi connectivity index (χ2n) is 7.21. The number of carbonyl (C=O) groups excluding carboxylic acids is 1. The first kappa shape index (κ1) is 21.4. The molecule has 7 nitrogen and oxygen atoms in total. The second-order valence-corrected chi connectivity index (χ2v) is 9.10. The maximum Gasteiger partial charge on any atom is 0.254 e. The van der Waals surface area contributed by atoms with Crippen molar-refractivity contribution < 1.29 is 22.7 Å². The molecule has 0 saturated carbocycles. The largest absolute Gasteiger partial charge is 0.497 e. The zero-order valence-electron chi connectivity index (χ0n) is 17.3. The third kappa shape index (κ3) is 4.04. The quantitative estimate of drug-likeness (QED) is 0.741. The van der Waals surface area contributed by atoms with Gasteiger partial charge in [0.1, 0.15) is 22.6 Å². The Bertz CT molecular complexity index is 987. The number of anilines is 1. The lowest BCUT2D eigenvalue weighted by molar-refractivity contribution is -0.124. The lowest BCUT2D eigenvalue weighted by Gasteiger charge is -2.16. The number of nitrogens with one attached hydrogen (secondary N) is 1. The number of aromatic nitrogens is 1. The lowest BCUT2D eigenvalue weighted by atomic mass is 10.2. The molecule has 29 heavy (non-hydrogen) atoms. The van der Waals surface area contributed by atoms with Crippen LogP contribution in [0.1, 0.15) is 37.4 Å². The molecular weight excluding hydrogens is 392 g/mol. The van der Waals surface area contributed by atoms with Crippen molar-refractivity contribution in [1.29, 1.82) is 0 Å². The SMILES string of the molecule is CCCn1c(C)c(C)c(S(=O)(=O)c2ccc(OC)cc2)c1NC(=O)[C@H]1CCCO1. The van der Waals surface area contributed by atoms with Crippen molar-refractivity contribution in [1.82, 2.24) is 4.57 Å². The van der Waals surface area contributed by atoms with Crippen LogP contribution in [0.3, 0.4) is 0 Å². The highest BCUT2D eigenvalue weighted by Crippen LogP contribution is 2.36. The normalized spacial score (nSPS) is 16.8. The van der Waals surface area contributed by atoms with Crippen molar-refractivity contribution in [3.63, 3.8) is 0 Å². The van der Waals surface area contributed by atoms with E-state index in [1.54, 1.807) is 19.1 Å². The van der Waals surface area contributed by atoms with Gasteiger partial charge >= 0.3 is 0 Å². The highest BCUT2D eigenvalue weighted by Gasteiger charge is 2.32. The average Bonchev–Trinajstić information content (AvgIpc) is 3.32. The molecule has 2 aromatic rings. The van der Waals surface area contributed by atoms with Crippen molar-refractivity contribution in [2.45, 2.75) is 62.5 Å². The lowest BCUT2D eigenvalue weighted by Crippen LogP contribution is -2.29. The molecule has 8 heteroatoms. The number of rotatable bonds is 7. The summed E-state index contributed by atoms with van der Waals surface area (Å²) in [6.45, 7) is 6.81. The molecule has 1 aromatic carbocycles. The maximum absolute atomic E-state index is 13.5. The van der Waals surface area contributed by atoms with E-state index in [0.717, 1.165) is 18.5 Å². The Morgan fingerprint density at radius 1 is 1.28 bits per heavy atom. The van der Waals surface area contributed by atoms with Crippen LogP contribution in [0.4, 0.5) is 5.82 Å². The van der Waals surface area contributed by atoms with Crippen LogP contribution < -0.4 is 10.1 Å². The van der Waals surface area contributed by atoms with Gasteiger partial charge in [0.25, 0.3) is 5.91 Å². The van der Waals surface area contributed by atoms with Gasteiger partial charge < -0.3 is 19.4 Å². The van der Waals surface area contributed by atoms with Crippen LogP contribution in [0.15, 0.2) is 34.1 Å². The monoisotopic (exact) mass is 420 g/mol. The van der Waals surface area contributed by atoms with Crippen LogP contribution in [0, 0.1) is 13.8 Å². The van der Waals surface area contributed by atoms with Crippen molar-refractivity contribution in [2.75, 3.05) is 19.0 Å². The number of benzene rings is 1. The number of amides is 1. The summed E-state index contributed by atoms with van der Waals surface area (Å²) in [5.74, 6) is 0.592. The number of methoxy groups -OCH3 is 1. The Labute approximate surface area is 171 Å². The first-order chi connectivity index (χ1) is 13.8. The van der Waals surface area contributed by atoms with Gasteiger partial charge in [-0.25, -0.2) is 8.42 Å². The van der Waals surface area contributed by atoms with Crippen LogP contribution in [-0.2, 0) is 25.9 Å². The van der Waals surface area contributed by atoms with Gasteiger partial charge in [-0.2, -0.15) is 0 Å². The predicted octanol–water partition coefficient (Wildman–Crippen LogP) is 3.47. The van der Waals surface area contributed by atoms with Gasteiger partial charge in [-0.15, -0.1) is 0 Å². The molecule has 0 radical (unpaired) electrons. The molecule has 1 amide bonds. The Kier molecular flexibility index (Phi) is 6.33. The summed E-state index contributed by atoms with van der Waals surface area (Å²) in [6.07, 6.45) is 1.72. The Morgan fingerprint density at radius 3 is 2.52 bits per heavy atom. The zero-order chi connectivity index (χ0) is 21.2. The molecule has 158 valence electrons. The average molecular weight is 421 g/mol. The summed E-state index contributed by atoms with van der Waals surface area (Å²) in [5.41, 5.74) is 1.46. The van der Waals surface area contributed by atoms with E-state index in [-0.39, 0.29) is 15.7 Å². The summed E-state index contributed by atoms with van der Waals surface area (Å²) >= 11 is 0. The molecule has 0 unspecified atom stereocenters. The van der Waals surface area contributed by atoms with Crippen LogP contribution in [0.25, 0.3) is 0 Å². The highest BCUT2D eigenvalue weighted by molar-refractivity contribution is 7.91. The first-order valence-electron chi connectivity index (χ1n) is 9.82. The number of hydrogen-bond donors (Lipinski definition) is 1.